The topological polar surface area (TPSA) is 49.8 Å². The molecule has 1 aliphatic rings. The van der Waals surface area contributed by atoms with Crippen molar-refractivity contribution < 1.29 is 14.6 Å². The number of hydrogen-bond donors (Lipinski definition) is 1. The number of anilines is 1. The fourth-order valence-corrected chi connectivity index (χ4v) is 3.48. The molecule has 0 aliphatic carbocycles. The molecule has 0 radical (unpaired) electrons. The van der Waals surface area contributed by atoms with Crippen LogP contribution in [-0.4, -0.2) is 37.4 Å². The number of carboxylic acids is 1. The Hall–Kier alpha value is -2.33. The molecule has 4 nitrogen and oxygen atoms in total. The van der Waals surface area contributed by atoms with Crippen molar-refractivity contribution in [2.75, 3.05) is 31.2 Å². The van der Waals surface area contributed by atoms with Crippen LogP contribution in [0.25, 0.3) is 0 Å². The van der Waals surface area contributed by atoms with Crippen molar-refractivity contribution in [3.63, 3.8) is 0 Å². The molecule has 1 saturated heterocycles. The summed E-state index contributed by atoms with van der Waals surface area (Å²) in [6, 6.07) is 16.2. The first-order chi connectivity index (χ1) is 12.7. The third-order valence-corrected chi connectivity index (χ3v) is 5.14. The highest BCUT2D eigenvalue weighted by molar-refractivity contribution is 5.87. The zero-order valence-electron chi connectivity index (χ0n) is 15.4. The minimum Gasteiger partial charge on any atom is -0.478 e. The maximum Gasteiger partial charge on any atom is 0.335 e. The predicted octanol–water partition coefficient (Wildman–Crippen LogP) is 4.03. The van der Waals surface area contributed by atoms with E-state index in [1.54, 1.807) is 12.1 Å². The van der Waals surface area contributed by atoms with Crippen molar-refractivity contribution in [1.29, 1.82) is 0 Å². The van der Waals surface area contributed by atoms with Gasteiger partial charge in [-0.15, -0.1) is 0 Å². The van der Waals surface area contributed by atoms with Gasteiger partial charge >= 0.3 is 5.97 Å². The number of hydrogen-bond acceptors (Lipinski definition) is 3. The molecular weight excluding hydrogens is 326 g/mol. The fourth-order valence-electron chi connectivity index (χ4n) is 3.48. The molecule has 0 saturated carbocycles. The van der Waals surface area contributed by atoms with Crippen LogP contribution in [0.2, 0.25) is 0 Å². The molecule has 1 fully saturated rings. The average Bonchev–Trinajstić information content (AvgIpc) is 2.69. The highest BCUT2D eigenvalue weighted by atomic mass is 16.5. The van der Waals surface area contributed by atoms with E-state index in [1.165, 1.54) is 16.8 Å². The third-order valence-electron chi connectivity index (χ3n) is 5.14. The Bertz CT molecular complexity index is 703. The van der Waals surface area contributed by atoms with Gasteiger partial charge in [0.25, 0.3) is 0 Å². The Morgan fingerprint density at radius 1 is 1.00 bits per heavy atom. The summed E-state index contributed by atoms with van der Waals surface area (Å²) in [5.74, 6) is -0.316. The molecular formula is C22H27NO3. The van der Waals surface area contributed by atoms with Gasteiger partial charge in [-0.1, -0.05) is 37.6 Å². The number of morpholine rings is 1. The molecule has 0 amide bonds. The minimum absolute atomic E-state index is 0.348. The van der Waals surface area contributed by atoms with E-state index in [4.69, 9.17) is 9.84 Å². The molecule has 4 heteroatoms. The Morgan fingerprint density at radius 3 is 2.04 bits per heavy atom. The lowest BCUT2D eigenvalue weighted by Gasteiger charge is -2.29. The lowest BCUT2D eigenvalue weighted by Crippen LogP contribution is -2.36. The van der Waals surface area contributed by atoms with Crippen molar-refractivity contribution in [3.8, 4) is 0 Å². The number of benzene rings is 2. The van der Waals surface area contributed by atoms with Crippen LogP contribution in [0.4, 0.5) is 5.69 Å². The first-order valence-corrected chi connectivity index (χ1v) is 9.39. The van der Waals surface area contributed by atoms with Crippen LogP contribution in [0.3, 0.4) is 0 Å². The van der Waals surface area contributed by atoms with E-state index in [2.05, 4.69) is 36.1 Å². The van der Waals surface area contributed by atoms with Gasteiger partial charge in [0.1, 0.15) is 0 Å². The minimum atomic E-state index is -0.871. The zero-order chi connectivity index (χ0) is 18.4. The van der Waals surface area contributed by atoms with Gasteiger partial charge < -0.3 is 14.7 Å². The summed E-state index contributed by atoms with van der Waals surface area (Å²) >= 11 is 0. The van der Waals surface area contributed by atoms with Crippen LogP contribution in [0, 0.1) is 5.92 Å². The smallest absolute Gasteiger partial charge is 0.335 e. The Kier molecular flexibility index (Phi) is 6.29. The van der Waals surface area contributed by atoms with Crippen molar-refractivity contribution in [1.82, 2.24) is 0 Å². The van der Waals surface area contributed by atoms with Gasteiger partial charge in [0.15, 0.2) is 0 Å². The maximum atomic E-state index is 11.0. The summed E-state index contributed by atoms with van der Waals surface area (Å²) in [7, 11) is 0. The lowest BCUT2D eigenvalue weighted by atomic mass is 9.90. The summed E-state index contributed by atoms with van der Waals surface area (Å²) in [6.07, 6.45) is 3.12. The second-order valence-electron chi connectivity index (χ2n) is 6.95. The molecule has 1 N–H and O–H groups in total. The first-order valence-electron chi connectivity index (χ1n) is 9.39. The molecule has 3 rings (SSSR count). The quantitative estimate of drug-likeness (QED) is 0.816. The van der Waals surface area contributed by atoms with Crippen LogP contribution < -0.4 is 4.90 Å². The van der Waals surface area contributed by atoms with E-state index in [1.807, 2.05) is 12.1 Å². The van der Waals surface area contributed by atoms with E-state index in [0.29, 0.717) is 11.5 Å². The summed E-state index contributed by atoms with van der Waals surface area (Å²) in [5.41, 5.74) is 4.18. The highest BCUT2D eigenvalue weighted by Crippen LogP contribution is 2.21. The van der Waals surface area contributed by atoms with Crippen LogP contribution in [0.1, 0.15) is 34.8 Å². The summed E-state index contributed by atoms with van der Waals surface area (Å²) in [6.45, 7) is 5.76. The van der Waals surface area contributed by atoms with Crippen LogP contribution in [0.5, 0.6) is 0 Å². The van der Waals surface area contributed by atoms with Gasteiger partial charge in [0.2, 0.25) is 0 Å². The Morgan fingerprint density at radius 2 is 1.54 bits per heavy atom. The average molecular weight is 353 g/mol. The molecule has 1 aliphatic heterocycles. The molecule has 2 aromatic carbocycles. The first kappa shape index (κ1) is 18.5. The Balaban J connectivity index is 1.59. The number of rotatable bonds is 7. The molecule has 0 aromatic heterocycles. The van der Waals surface area contributed by atoms with Crippen molar-refractivity contribution in [2.24, 2.45) is 5.92 Å². The monoisotopic (exact) mass is 353 g/mol. The van der Waals surface area contributed by atoms with Gasteiger partial charge in [-0.2, -0.15) is 0 Å². The number of carboxylic acid groups (broad SMARTS) is 1. The molecule has 0 bridgehead atoms. The molecule has 1 heterocycles. The van der Waals surface area contributed by atoms with E-state index in [-0.39, 0.29) is 0 Å². The van der Waals surface area contributed by atoms with Gasteiger partial charge in [0.05, 0.1) is 18.8 Å². The van der Waals surface area contributed by atoms with Crippen molar-refractivity contribution in [3.05, 3.63) is 65.2 Å². The summed E-state index contributed by atoms with van der Waals surface area (Å²) in [4.78, 5) is 13.3. The molecule has 0 spiro atoms. The number of nitrogens with zero attached hydrogens (tertiary/aromatic N) is 1. The zero-order valence-corrected chi connectivity index (χ0v) is 15.4. The standard InChI is InChI=1S/C22H27NO3/c1-2-17(15-18-3-7-20(8-4-18)22(24)25)16-19-5-9-21(10-6-19)23-11-13-26-14-12-23/h3-10,17H,2,11-16H2,1H3,(H,24,25). The second kappa shape index (κ2) is 8.86. The molecule has 138 valence electrons. The van der Waals surface area contributed by atoms with E-state index < -0.39 is 5.97 Å². The summed E-state index contributed by atoms with van der Waals surface area (Å²) < 4.78 is 5.41. The normalized spacial score (nSPS) is 15.7. The predicted molar refractivity (Wildman–Crippen MR) is 104 cm³/mol. The fraction of sp³-hybridized carbons (Fsp3) is 0.409. The van der Waals surface area contributed by atoms with Crippen molar-refractivity contribution in [2.45, 2.75) is 26.2 Å². The molecule has 2 aromatic rings. The van der Waals surface area contributed by atoms with E-state index in [0.717, 1.165) is 45.6 Å². The lowest BCUT2D eigenvalue weighted by molar-refractivity contribution is 0.0697. The third kappa shape index (κ3) is 4.85. The maximum absolute atomic E-state index is 11.0. The SMILES string of the molecule is CCC(Cc1ccc(C(=O)O)cc1)Cc1ccc(N2CCOCC2)cc1. The molecule has 26 heavy (non-hydrogen) atoms. The van der Waals surface area contributed by atoms with Gasteiger partial charge in [-0.25, -0.2) is 4.79 Å². The highest BCUT2D eigenvalue weighted by Gasteiger charge is 2.13. The molecule has 1 unspecified atom stereocenters. The number of ether oxygens (including phenoxy) is 1. The van der Waals surface area contributed by atoms with Gasteiger partial charge in [-0.3, -0.25) is 0 Å². The largest absolute Gasteiger partial charge is 0.478 e. The number of aromatic carboxylic acids is 1. The molecule has 1 atom stereocenters. The number of carbonyl (C=O) groups is 1. The summed E-state index contributed by atoms with van der Waals surface area (Å²) in [5, 5.41) is 9.00. The van der Waals surface area contributed by atoms with Gasteiger partial charge in [-0.05, 0) is 54.2 Å². The van der Waals surface area contributed by atoms with Crippen molar-refractivity contribution >= 4 is 11.7 Å². The van der Waals surface area contributed by atoms with Gasteiger partial charge in [0, 0.05) is 18.8 Å². The Labute approximate surface area is 155 Å². The van der Waals surface area contributed by atoms with Crippen LogP contribution in [0.15, 0.2) is 48.5 Å². The second-order valence-corrected chi connectivity index (χ2v) is 6.95. The van der Waals surface area contributed by atoms with E-state index in [9.17, 15) is 4.79 Å². The van der Waals surface area contributed by atoms with E-state index >= 15 is 0 Å². The van der Waals surface area contributed by atoms with Crippen LogP contribution >= 0.6 is 0 Å². The van der Waals surface area contributed by atoms with Crippen LogP contribution in [-0.2, 0) is 17.6 Å².